The van der Waals surface area contributed by atoms with Crippen molar-refractivity contribution in [2.45, 2.75) is 64.6 Å². The van der Waals surface area contributed by atoms with Crippen LogP contribution in [-0.4, -0.2) is 22.4 Å². The zero-order valence-electron chi connectivity index (χ0n) is 10.6. The molecule has 0 aromatic rings. The average molecular weight is 226 g/mol. The first-order chi connectivity index (χ1) is 7.59. The van der Waals surface area contributed by atoms with Crippen LogP contribution in [-0.2, 0) is 0 Å². The molecule has 2 aliphatic carbocycles. The minimum absolute atomic E-state index is 0.0961. The van der Waals surface area contributed by atoms with Gasteiger partial charge < -0.3 is 10.2 Å². The Morgan fingerprint density at radius 1 is 0.875 bits per heavy atom. The van der Waals surface area contributed by atoms with E-state index in [1.807, 2.05) is 0 Å². The summed E-state index contributed by atoms with van der Waals surface area (Å²) in [7, 11) is 0. The van der Waals surface area contributed by atoms with Crippen molar-refractivity contribution < 1.29 is 10.2 Å². The Morgan fingerprint density at radius 3 is 2.31 bits per heavy atom. The average Bonchev–Trinajstić information content (AvgIpc) is 2.26. The van der Waals surface area contributed by atoms with Gasteiger partial charge in [-0.2, -0.15) is 0 Å². The Hall–Kier alpha value is -0.0800. The van der Waals surface area contributed by atoms with Gasteiger partial charge in [0.25, 0.3) is 0 Å². The van der Waals surface area contributed by atoms with E-state index in [0.29, 0.717) is 23.7 Å². The smallest absolute Gasteiger partial charge is 0.0596 e. The highest BCUT2D eigenvalue weighted by molar-refractivity contribution is 4.88. The van der Waals surface area contributed by atoms with Crippen LogP contribution in [0.25, 0.3) is 0 Å². The van der Waals surface area contributed by atoms with Crippen LogP contribution in [0, 0.1) is 23.7 Å². The van der Waals surface area contributed by atoms with Crippen molar-refractivity contribution in [3.05, 3.63) is 0 Å². The molecule has 0 aliphatic heterocycles. The molecule has 0 spiro atoms. The molecule has 16 heavy (non-hydrogen) atoms. The number of hydrogen-bond donors (Lipinski definition) is 2. The Balaban J connectivity index is 1.96. The molecule has 94 valence electrons. The summed E-state index contributed by atoms with van der Waals surface area (Å²) in [5.41, 5.74) is 0. The fraction of sp³-hybridized carbons (Fsp3) is 1.00. The van der Waals surface area contributed by atoms with E-state index < -0.39 is 0 Å². The summed E-state index contributed by atoms with van der Waals surface area (Å²) in [6.45, 7) is 4.33. The highest BCUT2D eigenvalue weighted by Crippen LogP contribution is 2.41. The molecule has 0 heterocycles. The first-order valence-corrected chi connectivity index (χ1v) is 6.95. The van der Waals surface area contributed by atoms with Gasteiger partial charge in [0, 0.05) is 0 Å². The molecule has 0 bridgehead atoms. The maximum atomic E-state index is 10.3. The van der Waals surface area contributed by atoms with Crippen molar-refractivity contribution in [3.8, 4) is 0 Å². The van der Waals surface area contributed by atoms with E-state index in [0.717, 1.165) is 19.3 Å². The van der Waals surface area contributed by atoms with Crippen molar-refractivity contribution in [1.82, 2.24) is 0 Å². The lowest BCUT2D eigenvalue weighted by Crippen LogP contribution is -2.40. The van der Waals surface area contributed by atoms with E-state index in [-0.39, 0.29) is 12.2 Å². The minimum atomic E-state index is -0.102. The molecule has 6 atom stereocenters. The molecule has 2 saturated carbocycles. The van der Waals surface area contributed by atoms with Gasteiger partial charge in [0.05, 0.1) is 12.2 Å². The molecule has 2 N–H and O–H groups in total. The van der Waals surface area contributed by atoms with Crippen LogP contribution in [0.4, 0.5) is 0 Å². The molecule has 0 aromatic carbocycles. The van der Waals surface area contributed by atoms with Crippen LogP contribution in [0.15, 0.2) is 0 Å². The zero-order valence-corrected chi connectivity index (χ0v) is 10.6. The fourth-order valence-electron chi connectivity index (χ4n) is 3.76. The zero-order chi connectivity index (χ0) is 11.7. The van der Waals surface area contributed by atoms with Crippen molar-refractivity contribution in [2.75, 3.05) is 0 Å². The molecule has 2 heteroatoms. The number of aliphatic hydroxyl groups excluding tert-OH is 2. The third kappa shape index (κ3) is 2.43. The maximum absolute atomic E-state index is 10.3. The van der Waals surface area contributed by atoms with Crippen LogP contribution < -0.4 is 0 Å². The summed E-state index contributed by atoms with van der Waals surface area (Å²) in [5.74, 6) is 2.04. The Morgan fingerprint density at radius 2 is 1.62 bits per heavy atom. The number of aliphatic hydroxyl groups is 2. The van der Waals surface area contributed by atoms with Crippen molar-refractivity contribution in [2.24, 2.45) is 23.7 Å². The Labute approximate surface area is 99.1 Å². The van der Waals surface area contributed by atoms with Gasteiger partial charge in [-0.05, 0) is 55.8 Å². The second kappa shape index (κ2) is 5.05. The van der Waals surface area contributed by atoms with Crippen LogP contribution in [0.2, 0.25) is 0 Å². The van der Waals surface area contributed by atoms with Gasteiger partial charge in [-0.1, -0.05) is 20.3 Å². The molecule has 2 fully saturated rings. The summed E-state index contributed by atoms with van der Waals surface area (Å²) in [6.07, 6.45) is 6.60. The highest BCUT2D eigenvalue weighted by Gasteiger charge is 2.37. The lowest BCUT2D eigenvalue weighted by atomic mass is 9.67. The predicted octanol–water partition coefficient (Wildman–Crippen LogP) is 2.58. The molecule has 2 aliphatic rings. The predicted molar refractivity (Wildman–Crippen MR) is 65.0 cm³/mol. The summed E-state index contributed by atoms with van der Waals surface area (Å²) in [6, 6.07) is 0. The molecule has 0 amide bonds. The van der Waals surface area contributed by atoms with Crippen LogP contribution in [0.3, 0.4) is 0 Å². The maximum Gasteiger partial charge on any atom is 0.0596 e. The first-order valence-electron chi connectivity index (χ1n) is 6.95. The van der Waals surface area contributed by atoms with Crippen molar-refractivity contribution >= 4 is 0 Å². The number of hydrogen-bond acceptors (Lipinski definition) is 2. The van der Waals surface area contributed by atoms with Gasteiger partial charge in [0.1, 0.15) is 0 Å². The van der Waals surface area contributed by atoms with E-state index in [4.69, 9.17) is 0 Å². The van der Waals surface area contributed by atoms with Gasteiger partial charge in [-0.3, -0.25) is 0 Å². The van der Waals surface area contributed by atoms with E-state index >= 15 is 0 Å². The number of rotatable bonds is 1. The molecule has 0 saturated heterocycles. The topological polar surface area (TPSA) is 40.5 Å². The monoisotopic (exact) mass is 226 g/mol. The largest absolute Gasteiger partial charge is 0.393 e. The second-order valence-corrected chi connectivity index (χ2v) is 6.18. The van der Waals surface area contributed by atoms with Gasteiger partial charge in [0.2, 0.25) is 0 Å². The standard InChI is InChI=1S/C14H26O2/c1-9-4-3-5-12(14(9)16)11-6-7-13(15)10(2)8-11/h9-16H,3-8H2,1-2H3. The van der Waals surface area contributed by atoms with Crippen LogP contribution in [0.1, 0.15) is 52.4 Å². The first kappa shape index (κ1) is 12.4. The fourth-order valence-corrected chi connectivity index (χ4v) is 3.76. The van der Waals surface area contributed by atoms with E-state index in [9.17, 15) is 10.2 Å². The van der Waals surface area contributed by atoms with E-state index in [1.54, 1.807) is 0 Å². The lowest BCUT2D eigenvalue weighted by Gasteiger charge is -2.42. The normalized spacial score (nSPS) is 50.2. The lowest BCUT2D eigenvalue weighted by molar-refractivity contribution is -0.0345. The molecule has 2 rings (SSSR count). The van der Waals surface area contributed by atoms with Gasteiger partial charge in [0.15, 0.2) is 0 Å². The molecular weight excluding hydrogens is 200 g/mol. The minimum Gasteiger partial charge on any atom is -0.393 e. The van der Waals surface area contributed by atoms with Crippen LogP contribution in [0.5, 0.6) is 0 Å². The van der Waals surface area contributed by atoms with Crippen LogP contribution >= 0.6 is 0 Å². The highest BCUT2D eigenvalue weighted by atomic mass is 16.3. The quantitative estimate of drug-likeness (QED) is 0.721. The molecule has 0 aromatic heterocycles. The third-order valence-corrected chi connectivity index (χ3v) is 4.99. The van der Waals surface area contributed by atoms with Gasteiger partial charge in [-0.15, -0.1) is 0 Å². The SMILES string of the molecule is CC1CC(C2CCCC(C)C2O)CCC1O. The van der Waals surface area contributed by atoms with Gasteiger partial charge in [-0.25, -0.2) is 0 Å². The molecule has 0 radical (unpaired) electrons. The van der Waals surface area contributed by atoms with E-state index in [1.165, 1.54) is 19.3 Å². The van der Waals surface area contributed by atoms with Crippen molar-refractivity contribution in [1.29, 1.82) is 0 Å². The molecule has 2 nitrogen and oxygen atoms in total. The Kier molecular flexibility index (Phi) is 3.91. The van der Waals surface area contributed by atoms with Crippen molar-refractivity contribution in [3.63, 3.8) is 0 Å². The summed E-state index contributed by atoms with van der Waals surface area (Å²) in [4.78, 5) is 0. The third-order valence-electron chi connectivity index (χ3n) is 4.99. The summed E-state index contributed by atoms with van der Waals surface area (Å²) >= 11 is 0. The Bertz CT molecular complexity index is 229. The summed E-state index contributed by atoms with van der Waals surface area (Å²) in [5, 5.41) is 20.0. The molecular formula is C14H26O2. The summed E-state index contributed by atoms with van der Waals surface area (Å²) < 4.78 is 0. The van der Waals surface area contributed by atoms with Gasteiger partial charge >= 0.3 is 0 Å². The molecule has 6 unspecified atom stereocenters. The second-order valence-electron chi connectivity index (χ2n) is 6.18. The van der Waals surface area contributed by atoms with E-state index in [2.05, 4.69) is 13.8 Å².